The van der Waals surface area contributed by atoms with Gasteiger partial charge in [-0.05, 0) is 44.2 Å². The zero-order valence-electron chi connectivity index (χ0n) is 15.9. The monoisotopic (exact) mass is 365 g/mol. The lowest BCUT2D eigenvalue weighted by molar-refractivity contribution is 0.0836. The van der Waals surface area contributed by atoms with Crippen LogP contribution in [0.5, 0.6) is 0 Å². The number of hydrogen-bond acceptors (Lipinski definition) is 5. The van der Waals surface area contributed by atoms with E-state index in [2.05, 4.69) is 56.6 Å². The predicted octanol–water partition coefficient (Wildman–Crippen LogP) is 3.02. The number of imidazole rings is 1. The zero-order valence-corrected chi connectivity index (χ0v) is 15.9. The summed E-state index contributed by atoms with van der Waals surface area (Å²) in [7, 11) is 2.21. The molecule has 0 bridgehead atoms. The van der Waals surface area contributed by atoms with Crippen LogP contribution in [-0.4, -0.2) is 59.0 Å². The van der Waals surface area contributed by atoms with E-state index in [1.54, 1.807) is 6.26 Å². The predicted molar refractivity (Wildman–Crippen MR) is 106 cm³/mol. The molecule has 0 amide bonds. The van der Waals surface area contributed by atoms with Crippen LogP contribution < -0.4 is 4.90 Å². The summed E-state index contributed by atoms with van der Waals surface area (Å²) >= 11 is 0. The number of aromatic nitrogens is 2. The zero-order chi connectivity index (χ0) is 18.2. The molecule has 6 heteroatoms. The Balaban J connectivity index is 1.42. The SMILES string of the molecule is CN1CCN(Cc2ccco2)C[C@@H]1c1cn2c(N3CCCC3)cccc2n1. The van der Waals surface area contributed by atoms with Crippen molar-refractivity contribution in [2.75, 3.05) is 44.7 Å². The number of rotatable bonds is 4. The van der Waals surface area contributed by atoms with Gasteiger partial charge in [-0.1, -0.05) is 6.07 Å². The molecule has 6 nitrogen and oxygen atoms in total. The highest BCUT2D eigenvalue weighted by Crippen LogP contribution is 2.28. The van der Waals surface area contributed by atoms with Crippen LogP contribution in [0.3, 0.4) is 0 Å². The van der Waals surface area contributed by atoms with Crippen molar-refractivity contribution in [1.82, 2.24) is 19.2 Å². The Morgan fingerprint density at radius 2 is 1.96 bits per heavy atom. The van der Waals surface area contributed by atoms with E-state index in [1.165, 1.54) is 18.7 Å². The molecule has 0 unspecified atom stereocenters. The number of anilines is 1. The van der Waals surface area contributed by atoms with Crippen LogP contribution in [0.25, 0.3) is 5.65 Å². The lowest BCUT2D eigenvalue weighted by Gasteiger charge is -2.38. The minimum atomic E-state index is 0.306. The maximum atomic E-state index is 5.54. The molecule has 2 aliphatic rings. The minimum absolute atomic E-state index is 0.306. The molecule has 3 aromatic rings. The third kappa shape index (κ3) is 3.24. The number of pyridine rings is 1. The average molecular weight is 365 g/mol. The van der Waals surface area contributed by atoms with E-state index in [-0.39, 0.29) is 0 Å². The van der Waals surface area contributed by atoms with Gasteiger partial charge in [0.05, 0.1) is 24.5 Å². The van der Waals surface area contributed by atoms with Crippen molar-refractivity contribution in [2.24, 2.45) is 0 Å². The molecule has 2 aliphatic heterocycles. The average Bonchev–Trinajstić information content (AvgIpc) is 3.44. The normalized spacial score (nSPS) is 22.1. The Morgan fingerprint density at radius 1 is 1.07 bits per heavy atom. The summed E-state index contributed by atoms with van der Waals surface area (Å²) in [6, 6.07) is 10.8. The van der Waals surface area contributed by atoms with Gasteiger partial charge in [0.15, 0.2) is 0 Å². The van der Waals surface area contributed by atoms with Crippen molar-refractivity contribution in [2.45, 2.75) is 25.4 Å². The maximum Gasteiger partial charge on any atom is 0.138 e. The molecule has 2 saturated heterocycles. The van der Waals surface area contributed by atoms with E-state index < -0.39 is 0 Å². The third-order valence-corrected chi connectivity index (χ3v) is 5.95. The summed E-state index contributed by atoms with van der Waals surface area (Å²) in [5.74, 6) is 2.30. The fourth-order valence-electron chi connectivity index (χ4n) is 4.40. The standard InChI is InChI=1S/C21H27N5O/c1-23-11-12-24(14-17-6-5-13-27-17)16-19(23)18-15-26-20(22-18)7-4-8-21(26)25-9-2-3-10-25/h4-8,13,15,19H,2-3,9-12,14,16H2,1H3/t19-/m1/s1. The van der Waals surface area contributed by atoms with Gasteiger partial charge in [0, 0.05) is 38.9 Å². The van der Waals surface area contributed by atoms with E-state index >= 15 is 0 Å². The molecular weight excluding hydrogens is 338 g/mol. The van der Waals surface area contributed by atoms with Crippen molar-refractivity contribution in [3.8, 4) is 0 Å². The van der Waals surface area contributed by atoms with Gasteiger partial charge in [-0.25, -0.2) is 4.98 Å². The van der Waals surface area contributed by atoms with Crippen molar-refractivity contribution in [3.05, 3.63) is 54.2 Å². The van der Waals surface area contributed by atoms with E-state index in [0.717, 1.165) is 56.4 Å². The van der Waals surface area contributed by atoms with Crippen LogP contribution in [0.1, 0.15) is 30.3 Å². The first-order valence-electron chi connectivity index (χ1n) is 9.96. The highest BCUT2D eigenvalue weighted by molar-refractivity contribution is 5.53. The molecule has 2 fully saturated rings. The van der Waals surface area contributed by atoms with E-state index in [4.69, 9.17) is 9.40 Å². The number of piperazine rings is 1. The molecule has 3 aromatic heterocycles. The quantitative estimate of drug-likeness (QED) is 0.711. The van der Waals surface area contributed by atoms with E-state index in [0.29, 0.717) is 6.04 Å². The molecule has 0 spiro atoms. The topological polar surface area (TPSA) is 40.2 Å². The smallest absolute Gasteiger partial charge is 0.138 e. The molecule has 27 heavy (non-hydrogen) atoms. The van der Waals surface area contributed by atoms with Gasteiger partial charge in [0.25, 0.3) is 0 Å². The second kappa shape index (κ2) is 7.02. The number of furan rings is 1. The maximum absolute atomic E-state index is 5.54. The number of likely N-dealkylation sites (N-methyl/N-ethyl adjacent to an activating group) is 1. The van der Waals surface area contributed by atoms with Gasteiger partial charge in [0.2, 0.25) is 0 Å². The minimum Gasteiger partial charge on any atom is -0.468 e. The van der Waals surface area contributed by atoms with Crippen molar-refractivity contribution in [1.29, 1.82) is 0 Å². The molecule has 5 heterocycles. The lowest BCUT2D eigenvalue weighted by atomic mass is 10.1. The van der Waals surface area contributed by atoms with Crippen LogP contribution in [0.2, 0.25) is 0 Å². The number of nitrogens with zero attached hydrogens (tertiary/aromatic N) is 5. The Kier molecular flexibility index (Phi) is 4.38. The highest BCUT2D eigenvalue weighted by atomic mass is 16.3. The van der Waals surface area contributed by atoms with Gasteiger partial charge in [0.1, 0.15) is 17.2 Å². The van der Waals surface area contributed by atoms with Gasteiger partial charge in [-0.2, -0.15) is 0 Å². The Morgan fingerprint density at radius 3 is 2.78 bits per heavy atom. The largest absolute Gasteiger partial charge is 0.468 e. The fraction of sp³-hybridized carbons (Fsp3) is 0.476. The summed E-state index contributed by atoms with van der Waals surface area (Å²) in [5.41, 5.74) is 2.21. The lowest BCUT2D eigenvalue weighted by Crippen LogP contribution is -2.46. The van der Waals surface area contributed by atoms with E-state index in [1.807, 2.05) is 6.07 Å². The first-order valence-corrected chi connectivity index (χ1v) is 9.96. The molecule has 5 rings (SSSR count). The molecule has 0 aromatic carbocycles. The molecule has 142 valence electrons. The molecule has 0 N–H and O–H groups in total. The Labute approximate surface area is 160 Å². The second-order valence-electron chi connectivity index (χ2n) is 7.78. The summed E-state index contributed by atoms with van der Waals surface area (Å²) in [6.45, 7) is 6.22. The van der Waals surface area contributed by atoms with Crippen molar-refractivity contribution < 1.29 is 4.42 Å². The summed E-state index contributed by atoms with van der Waals surface area (Å²) in [4.78, 5) is 12.4. The van der Waals surface area contributed by atoms with Crippen LogP contribution in [0.4, 0.5) is 5.82 Å². The Bertz CT molecular complexity index is 897. The first-order chi connectivity index (χ1) is 13.3. The van der Waals surface area contributed by atoms with Gasteiger partial charge < -0.3 is 9.32 Å². The number of hydrogen-bond donors (Lipinski definition) is 0. The highest BCUT2D eigenvalue weighted by Gasteiger charge is 2.28. The fourth-order valence-corrected chi connectivity index (χ4v) is 4.40. The molecule has 0 radical (unpaired) electrons. The van der Waals surface area contributed by atoms with Crippen molar-refractivity contribution >= 4 is 11.5 Å². The van der Waals surface area contributed by atoms with Crippen molar-refractivity contribution in [3.63, 3.8) is 0 Å². The van der Waals surface area contributed by atoms with Crippen LogP contribution in [0.15, 0.2) is 47.2 Å². The van der Waals surface area contributed by atoms with E-state index in [9.17, 15) is 0 Å². The second-order valence-corrected chi connectivity index (χ2v) is 7.78. The van der Waals surface area contributed by atoms with Crippen LogP contribution in [0, 0.1) is 0 Å². The van der Waals surface area contributed by atoms with Gasteiger partial charge in [-0.3, -0.25) is 14.2 Å². The molecule has 1 atom stereocenters. The summed E-state index contributed by atoms with van der Waals surface area (Å²) in [6.07, 6.45) is 6.57. The van der Waals surface area contributed by atoms with Crippen LogP contribution >= 0.6 is 0 Å². The third-order valence-electron chi connectivity index (χ3n) is 5.95. The Hall–Kier alpha value is -2.31. The molecule has 0 saturated carbocycles. The molecule has 0 aliphatic carbocycles. The van der Waals surface area contributed by atoms with Gasteiger partial charge in [-0.15, -0.1) is 0 Å². The summed E-state index contributed by atoms with van der Waals surface area (Å²) < 4.78 is 7.82. The van der Waals surface area contributed by atoms with Crippen LogP contribution in [-0.2, 0) is 6.54 Å². The number of fused-ring (bicyclic) bond motifs is 1. The van der Waals surface area contributed by atoms with Gasteiger partial charge >= 0.3 is 0 Å². The molecular formula is C21H27N5O. The first kappa shape index (κ1) is 16.8. The summed E-state index contributed by atoms with van der Waals surface area (Å²) in [5, 5.41) is 0.